The van der Waals surface area contributed by atoms with E-state index in [1.165, 1.54) is 42.6 Å². The van der Waals surface area contributed by atoms with Crippen LogP contribution < -0.4 is 10.9 Å². The van der Waals surface area contributed by atoms with E-state index in [4.69, 9.17) is 11.6 Å². The van der Waals surface area contributed by atoms with Crippen molar-refractivity contribution in [1.29, 1.82) is 0 Å². The topological polar surface area (TPSA) is 59.8 Å². The van der Waals surface area contributed by atoms with Gasteiger partial charge in [-0.25, -0.2) is 4.98 Å². The van der Waals surface area contributed by atoms with E-state index in [9.17, 15) is 4.79 Å². The Labute approximate surface area is 121 Å². The van der Waals surface area contributed by atoms with Crippen LogP contribution >= 0.6 is 11.6 Å². The molecule has 6 heteroatoms. The van der Waals surface area contributed by atoms with Crippen molar-refractivity contribution < 1.29 is 0 Å². The van der Waals surface area contributed by atoms with Crippen LogP contribution in [-0.4, -0.2) is 20.8 Å². The van der Waals surface area contributed by atoms with E-state index in [1.54, 1.807) is 6.20 Å². The first-order valence-electron chi connectivity index (χ1n) is 6.71. The number of anilines is 1. The molecule has 2 aromatic rings. The standard InChI is InChI=1S/C14H15ClN4O/c15-12-7-8-17-19(14(12)20)11-5-6-13(16-9-11)18-10-3-1-2-4-10/h5-10H,1-4H2,(H,16,18). The average Bonchev–Trinajstić information content (AvgIpc) is 2.96. The summed E-state index contributed by atoms with van der Waals surface area (Å²) >= 11 is 5.80. The molecule has 0 atom stereocenters. The maximum Gasteiger partial charge on any atom is 0.290 e. The van der Waals surface area contributed by atoms with Crippen molar-refractivity contribution in [2.75, 3.05) is 5.32 Å². The fourth-order valence-corrected chi connectivity index (χ4v) is 2.59. The Balaban J connectivity index is 1.82. The highest BCUT2D eigenvalue weighted by molar-refractivity contribution is 6.30. The third-order valence-corrected chi connectivity index (χ3v) is 3.79. The Hall–Kier alpha value is -1.88. The summed E-state index contributed by atoms with van der Waals surface area (Å²) in [5.41, 5.74) is 0.266. The molecule has 0 aromatic carbocycles. The summed E-state index contributed by atoms with van der Waals surface area (Å²) < 4.78 is 1.24. The predicted octanol–water partition coefficient (Wildman–Crippen LogP) is 2.64. The Bertz CT molecular complexity index is 647. The molecular weight excluding hydrogens is 276 g/mol. The Morgan fingerprint density at radius 1 is 1.25 bits per heavy atom. The lowest BCUT2D eigenvalue weighted by Gasteiger charge is -2.12. The summed E-state index contributed by atoms with van der Waals surface area (Å²) in [6.07, 6.45) is 8.06. The van der Waals surface area contributed by atoms with Gasteiger partial charge in [0.1, 0.15) is 10.8 Å². The fourth-order valence-electron chi connectivity index (χ4n) is 2.45. The first-order chi connectivity index (χ1) is 9.74. The number of hydrogen-bond donors (Lipinski definition) is 1. The molecule has 1 aliphatic carbocycles. The van der Waals surface area contributed by atoms with Gasteiger partial charge in [0.05, 0.1) is 11.9 Å². The summed E-state index contributed by atoms with van der Waals surface area (Å²) in [6, 6.07) is 5.67. The third-order valence-electron chi connectivity index (χ3n) is 3.50. The van der Waals surface area contributed by atoms with Crippen LogP contribution in [0.5, 0.6) is 0 Å². The van der Waals surface area contributed by atoms with E-state index in [-0.39, 0.29) is 10.6 Å². The van der Waals surface area contributed by atoms with Gasteiger partial charge >= 0.3 is 0 Å². The zero-order valence-corrected chi connectivity index (χ0v) is 11.7. The fraction of sp³-hybridized carbons (Fsp3) is 0.357. The number of hydrogen-bond acceptors (Lipinski definition) is 4. The lowest BCUT2D eigenvalue weighted by atomic mass is 10.2. The average molecular weight is 291 g/mol. The Kier molecular flexibility index (Phi) is 3.69. The quantitative estimate of drug-likeness (QED) is 0.944. The largest absolute Gasteiger partial charge is 0.367 e. The van der Waals surface area contributed by atoms with Gasteiger partial charge in [-0.1, -0.05) is 24.4 Å². The lowest BCUT2D eigenvalue weighted by Crippen LogP contribution is -2.21. The summed E-state index contributed by atoms with van der Waals surface area (Å²) in [6.45, 7) is 0. The van der Waals surface area contributed by atoms with E-state index in [1.807, 2.05) is 12.1 Å². The highest BCUT2D eigenvalue weighted by atomic mass is 35.5. The zero-order chi connectivity index (χ0) is 13.9. The molecule has 20 heavy (non-hydrogen) atoms. The molecule has 1 N–H and O–H groups in total. The smallest absolute Gasteiger partial charge is 0.290 e. The van der Waals surface area contributed by atoms with Gasteiger partial charge in [0.2, 0.25) is 0 Å². The van der Waals surface area contributed by atoms with Crippen LogP contribution in [0, 0.1) is 0 Å². The second-order valence-electron chi connectivity index (χ2n) is 4.92. The van der Waals surface area contributed by atoms with Crippen LogP contribution in [-0.2, 0) is 0 Å². The van der Waals surface area contributed by atoms with Gasteiger partial charge in [0, 0.05) is 12.2 Å². The van der Waals surface area contributed by atoms with Gasteiger partial charge in [-0.05, 0) is 31.0 Å². The number of pyridine rings is 1. The van der Waals surface area contributed by atoms with Crippen LogP contribution in [0.15, 0.2) is 35.4 Å². The van der Waals surface area contributed by atoms with Crippen molar-refractivity contribution in [1.82, 2.24) is 14.8 Å². The monoisotopic (exact) mass is 290 g/mol. The molecular formula is C14H15ClN4O. The normalized spacial score (nSPS) is 15.4. The van der Waals surface area contributed by atoms with Crippen molar-refractivity contribution in [2.24, 2.45) is 0 Å². The Morgan fingerprint density at radius 3 is 2.75 bits per heavy atom. The number of halogens is 1. The van der Waals surface area contributed by atoms with Crippen molar-refractivity contribution in [2.45, 2.75) is 31.7 Å². The molecule has 0 radical (unpaired) electrons. The van der Waals surface area contributed by atoms with E-state index in [0.717, 1.165) is 5.82 Å². The van der Waals surface area contributed by atoms with Crippen molar-refractivity contribution in [3.63, 3.8) is 0 Å². The molecule has 104 valence electrons. The van der Waals surface area contributed by atoms with E-state index < -0.39 is 0 Å². The zero-order valence-electron chi connectivity index (χ0n) is 10.9. The first-order valence-corrected chi connectivity index (χ1v) is 7.08. The van der Waals surface area contributed by atoms with Gasteiger partial charge in [-0.2, -0.15) is 9.78 Å². The lowest BCUT2D eigenvalue weighted by molar-refractivity contribution is 0.749. The molecule has 1 fully saturated rings. The maximum absolute atomic E-state index is 11.9. The van der Waals surface area contributed by atoms with Gasteiger partial charge < -0.3 is 5.32 Å². The minimum atomic E-state index is -0.340. The molecule has 5 nitrogen and oxygen atoms in total. The second kappa shape index (κ2) is 5.63. The SMILES string of the molecule is O=c1c(Cl)ccnn1-c1ccc(NC2CCCC2)nc1. The summed E-state index contributed by atoms with van der Waals surface area (Å²) in [4.78, 5) is 16.2. The molecule has 0 spiro atoms. The molecule has 2 heterocycles. The molecule has 0 saturated heterocycles. The molecule has 1 saturated carbocycles. The predicted molar refractivity (Wildman–Crippen MR) is 78.5 cm³/mol. The molecule has 1 aliphatic rings. The van der Waals surface area contributed by atoms with Gasteiger partial charge in [0.15, 0.2) is 0 Å². The van der Waals surface area contributed by atoms with Crippen LogP contribution in [0.1, 0.15) is 25.7 Å². The van der Waals surface area contributed by atoms with E-state index in [2.05, 4.69) is 15.4 Å². The highest BCUT2D eigenvalue weighted by Gasteiger charge is 2.14. The summed E-state index contributed by atoms with van der Waals surface area (Å²) in [5, 5.41) is 7.55. The minimum Gasteiger partial charge on any atom is -0.367 e. The van der Waals surface area contributed by atoms with Crippen LogP contribution in [0.4, 0.5) is 5.82 Å². The van der Waals surface area contributed by atoms with Crippen molar-refractivity contribution >= 4 is 17.4 Å². The number of rotatable bonds is 3. The van der Waals surface area contributed by atoms with Crippen LogP contribution in [0.3, 0.4) is 0 Å². The highest BCUT2D eigenvalue weighted by Crippen LogP contribution is 2.21. The van der Waals surface area contributed by atoms with Gasteiger partial charge in [0.25, 0.3) is 5.56 Å². The van der Waals surface area contributed by atoms with Crippen LogP contribution in [0.2, 0.25) is 5.02 Å². The summed E-state index contributed by atoms with van der Waals surface area (Å²) in [5.74, 6) is 0.829. The third kappa shape index (κ3) is 2.67. The molecule has 0 bridgehead atoms. The van der Waals surface area contributed by atoms with Gasteiger partial charge in [-0.15, -0.1) is 0 Å². The number of aromatic nitrogens is 3. The number of nitrogens with zero attached hydrogens (tertiary/aromatic N) is 3. The number of nitrogens with one attached hydrogen (secondary N) is 1. The minimum absolute atomic E-state index is 0.146. The van der Waals surface area contributed by atoms with Crippen molar-refractivity contribution in [3.05, 3.63) is 46.0 Å². The maximum atomic E-state index is 11.9. The molecule has 3 rings (SSSR count). The van der Waals surface area contributed by atoms with E-state index in [0.29, 0.717) is 11.7 Å². The first kappa shape index (κ1) is 13.1. The second-order valence-corrected chi connectivity index (χ2v) is 5.33. The molecule has 2 aromatic heterocycles. The van der Waals surface area contributed by atoms with Gasteiger partial charge in [-0.3, -0.25) is 4.79 Å². The van der Waals surface area contributed by atoms with Crippen LogP contribution in [0.25, 0.3) is 5.69 Å². The molecule has 0 aliphatic heterocycles. The molecule has 0 unspecified atom stereocenters. The van der Waals surface area contributed by atoms with E-state index >= 15 is 0 Å². The van der Waals surface area contributed by atoms with Crippen molar-refractivity contribution in [3.8, 4) is 5.69 Å². The Morgan fingerprint density at radius 2 is 2.05 bits per heavy atom. The molecule has 0 amide bonds. The summed E-state index contributed by atoms with van der Waals surface area (Å²) in [7, 11) is 0.